The van der Waals surface area contributed by atoms with Crippen molar-refractivity contribution in [2.75, 3.05) is 13.7 Å². The number of carbonyl (C=O) groups excluding carboxylic acids is 1. The molecule has 7 heteroatoms. The van der Waals surface area contributed by atoms with Gasteiger partial charge in [0, 0.05) is 18.6 Å². The summed E-state index contributed by atoms with van der Waals surface area (Å²) in [5, 5.41) is 19.8. The molecular formula is C12H14FNO5. The average molecular weight is 271 g/mol. The molecule has 1 aromatic carbocycles. The van der Waals surface area contributed by atoms with Crippen LogP contribution in [0.3, 0.4) is 0 Å². The van der Waals surface area contributed by atoms with Crippen LogP contribution < -0.4 is 10.1 Å². The lowest BCUT2D eigenvalue weighted by Crippen LogP contribution is -2.41. The fourth-order valence-corrected chi connectivity index (χ4v) is 1.43. The Balaban J connectivity index is 2.85. The highest BCUT2D eigenvalue weighted by molar-refractivity contribution is 5.96. The normalized spacial score (nSPS) is 11.7. The molecule has 1 unspecified atom stereocenters. The predicted octanol–water partition coefficient (Wildman–Crippen LogP) is 0.400. The van der Waals surface area contributed by atoms with E-state index >= 15 is 0 Å². The second kappa shape index (κ2) is 6.69. The Bertz CT molecular complexity index is 477. The molecule has 1 amide bonds. The van der Waals surface area contributed by atoms with Gasteiger partial charge in [0.05, 0.1) is 7.11 Å². The number of aliphatic carboxylic acids is 1. The van der Waals surface area contributed by atoms with Crippen molar-refractivity contribution in [3.05, 3.63) is 29.6 Å². The lowest BCUT2D eigenvalue weighted by molar-refractivity contribution is -0.139. The molecule has 1 rings (SSSR count). The number of halogens is 1. The van der Waals surface area contributed by atoms with E-state index in [1.54, 1.807) is 0 Å². The Morgan fingerprint density at radius 2 is 2.16 bits per heavy atom. The Morgan fingerprint density at radius 3 is 2.68 bits per heavy atom. The van der Waals surface area contributed by atoms with E-state index in [1.165, 1.54) is 19.2 Å². The summed E-state index contributed by atoms with van der Waals surface area (Å²) in [4.78, 5) is 22.6. The van der Waals surface area contributed by atoms with Crippen LogP contribution in [0.15, 0.2) is 18.2 Å². The van der Waals surface area contributed by atoms with Gasteiger partial charge in [-0.05, 0) is 18.2 Å². The van der Waals surface area contributed by atoms with Crippen molar-refractivity contribution in [1.82, 2.24) is 5.32 Å². The van der Waals surface area contributed by atoms with E-state index in [-0.39, 0.29) is 24.3 Å². The topological polar surface area (TPSA) is 95.9 Å². The lowest BCUT2D eigenvalue weighted by Gasteiger charge is -2.13. The molecule has 0 aromatic heterocycles. The van der Waals surface area contributed by atoms with Gasteiger partial charge in [0.25, 0.3) is 5.91 Å². The highest BCUT2D eigenvalue weighted by Gasteiger charge is 2.20. The second-order valence-electron chi connectivity index (χ2n) is 3.73. The van der Waals surface area contributed by atoms with Crippen LogP contribution in [0.1, 0.15) is 16.8 Å². The van der Waals surface area contributed by atoms with E-state index in [2.05, 4.69) is 5.32 Å². The predicted molar refractivity (Wildman–Crippen MR) is 63.5 cm³/mol. The number of ether oxygens (including phenoxy) is 1. The maximum absolute atomic E-state index is 13.2. The van der Waals surface area contributed by atoms with Gasteiger partial charge in [0.15, 0.2) is 11.6 Å². The van der Waals surface area contributed by atoms with E-state index in [1.807, 2.05) is 0 Å². The van der Waals surface area contributed by atoms with E-state index < -0.39 is 23.7 Å². The number of carboxylic acids is 1. The first-order chi connectivity index (χ1) is 8.99. The summed E-state index contributed by atoms with van der Waals surface area (Å²) < 4.78 is 17.9. The van der Waals surface area contributed by atoms with Gasteiger partial charge < -0.3 is 20.3 Å². The van der Waals surface area contributed by atoms with Crippen LogP contribution in [-0.4, -0.2) is 41.8 Å². The quantitative estimate of drug-likeness (QED) is 0.696. The smallest absolute Gasteiger partial charge is 0.326 e. The van der Waals surface area contributed by atoms with Crippen LogP contribution >= 0.6 is 0 Å². The molecule has 0 heterocycles. The second-order valence-corrected chi connectivity index (χ2v) is 3.73. The first-order valence-electron chi connectivity index (χ1n) is 5.47. The van der Waals surface area contributed by atoms with Crippen LogP contribution in [-0.2, 0) is 4.79 Å². The molecule has 0 radical (unpaired) electrons. The minimum Gasteiger partial charge on any atom is -0.494 e. The van der Waals surface area contributed by atoms with Gasteiger partial charge in [-0.1, -0.05) is 0 Å². The number of rotatable bonds is 6. The Kier molecular flexibility index (Phi) is 5.25. The zero-order valence-corrected chi connectivity index (χ0v) is 10.2. The van der Waals surface area contributed by atoms with Crippen LogP contribution in [0.2, 0.25) is 0 Å². The SMILES string of the molecule is COc1cc(C(=O)NC(CCO)C(=O)O)ccc1F. The van der Waals surface area contributed by atoms with Crippen molar-refractivity contribution < 1.29 is 28.9 Å². The number of aliphatic hydroxyl groups is 1. The highest BCUT2D eigenvalue weighted by atomic mass is 19.1. The molecule has 0 spiro atoms. The molecule has 0 aliphatic heterocycles. The molecule has 0 bridgehead atoms. The monoisotopic (exact) mass is 271 g/mol. The van der Waals surface area contributed by atoms with Gasteiger partial charge in [0.1, 0.15) is 6.04 Å². The summed E-state index contributed by atoms with van der Waals surface area (Å²) in [5.41, 5.74) is 0.0717. The summed E-state index contributed by atoms with van der Waals surface area (Å²) in [6.07, 6.45) is -0.112. The van der Waals surface area contributed by atoms with E-state index in [9.17, 15) is 14.0 Å². The first-order valence-corrected chi connectivity index (χ1v) is 5.47. The summed E-state index contributed by atoms with van der Waals surface area (Å²) in [5.74, 6) is -2.67. The number of methoxy groups -OCH3 is 1. The van der Waals surface area contributed by atoms with Gasteiger partial charge in [-0.25, -0.2) is 9.18 Å². The molecule has 0 fully saturated rings. The number of amides is 1. The number of carboxylic acid groups (broad SMARTS) is 1. The fourth-order valence-electron chi connectivity index (χ4n) is 1.43. The van der Waals surface area contributed by atoms with Gasteiger partial charge in [-0.15, -0.1) is 0 Å². The molecular weight excluding hydrogens is 257 g/mol. The summed E-state index contributed by atoms with van der Waals surface area (Å²) in [6.45, 7) is -0.371. The maximum Gasteiger partial charge on any atom is 0.326 e. The van der Waals surface area contributed by atoms with Crippen molar-refractivity contribution in [1.29, 1.82) is 0 Å². The van der Waals surface area contributed by atoms with Gasteiger partial charge in [0.2, 0.25) is 0 Å². The third-order valence-corrected chi connectivity index (χ3v) is 2.43. The third-order valence-electron chi connectivity index (χ3n) is 2.43. The zero-order valence-electron chi connectivity index (χ0n) is 10.2. The molecule has 19 heavy (non-hydrogen) atoms. The van der Waals surface area contributed by atoms with Crippen molar-refractivity contribution in [2.45, 2.75) is 12.5 Å². The van der Waals surface area contributed by atoms with E-state index in [0.29, 0.717) is 0 Å². The number of nitrogens with one attached hydrogen (secondary N) is 1. The largest absolute Gasteiger partial charge is 0.494 e. The van der Waals surface area contributed by atoms with Crippen molar-refractivity contribution in [2.24, 2.45) is 0 Å². The molecule has 0 aliphatic rings. The molecule has 3 N–H and O–H groups in total. The maximum atomic E-state index is 13.2. The van der Waals surface area contributed by atoms with Gasteiger partial charge >= 0.3 is 5.97 Å². The Labute approximate surface area is 108 Å². The lowest BCUT2D eigenvalue weighted by atomic mass is 10.1. The highest BCUT2D eigenvalue weighted by Crippen LogP contribution is 2.18. The molecule has 0 saturated carbocycles. The average Bonchev–Trinajstić information content (AvgIpc) is 2.38. The first kappa shape index (κ1) is 14.9. The molecule has 6 nitrogen and oxygen atoms in total. The standard InChI is InChI=1S/C12H14FNO5/c1-19-10-6-7(2-3-8(10)13)11(16)14-9(4-5-15)12(17)18/h2-3,6,9,15H,4-5H2,1H3,(H,14,16)(H,17,18). The molecule has 0 aliphatic carbocycles. The zero-order chi connectivity index (χ0) is 14.4. The van der Waals surface area contributed by atoms with Crippen LogP contribution in [0.5, 0.6) is 5.75 Å². The van der Waals surface area contributed by atoms with Crippen LogP contribution in [0.25, 0.3) is 0 Å². The van der Waals surface area contributed by atoms with Crippen molar-refractivity contribution in [3.8, 4) is 5.75 Å². The third kappa shape index (κ3) is 3.92. The number of aliphatic hydroxyl groups excluding tert-OH is 1. The molecule has 0 saturated heterocycles. The molecule has 104 valence electrons. The van der Waals surface area contributed by atoms with Crippen LogP contribution in [0.4, 0.5) is 4.39 Å². The van der Waals surface area contributed by atoms with Crippen molar-refractivity contribution >= 4 is 11.9 Å². The van der Waals surface area contributed by atoms with Gasteiger partial charge in [-0.2, -0.15) is 0 Å². The molecule has 1 atom stereocenters. The number of carbonyl (C=O) groups is 2. The van der Waals surface area contributed by atoms with Crippen LogP contribution in [0, 0.1) is 5.82 Å². The van der Waals surface area contributed by atoms with E-state index in [4.69, 9.17) is 14.9 Å². The fraction of sp³-hybridized carbons (Fsp3) is 0.333. The minimum atomic E-state index is -1.25. The summed E-state index contributed by atoms with van der Waals surface area (Å²) >= 11 is 0. The van der Waals surface area contributed by atoms with Gasteiger partial charge in [-0.3, -0.25) is 4.79 Å². The summed E-state index contributed by atoms with van der Waals surface area (Å²) in [7, 11) is 1.26. The number of hydrogen-bond acceptors (Lipinski definition) is 4. The van der Waals surface area contributed by atoms with Crippen molar-refractivity contribution in [3.63, 3.8) is 0 Å². The Hall–Kier alpha value is -2.15. The Morgan fingerprint density at radius 1 is 1.47 bits per heavy atom. The van der Waals surface area contributed by atoms with E-state index in [0.717, 1.165) is 6.07 Å². The minimum absolute atomic E-state index is 0.0717. The summed E-state index contributed by atoms with van der Waals surface area (Å²) in [6, 6.07) is 2.23. The number of hydrogen-bond donors (Lipinski definition) is 3. The molecule has 1 aromatic rings. The number of benzene rings is 1.